The van der Waals surface area contributed by atoms with Crippen molar-refractivity contribution < 1.29 is 9.47 Å². The summed E-state index contributed by atoms with van der Waals surface area (Å²) >= 11 is 0. The van der Waals surface area contributed by atoms with E-state index in [1.54, 1.807) is 18.2 Å². The topological polar surface area (TPSA) is 22.8 Å². The van der Waals surface area contributed by atoms with Gasteiger partial charge in [-0.25, -0.2) is 4.85 Å². The molecular weight excluding hydrogens is 226 g/mol. The predicted molar refractivity (Wildman–Crippen MR) is 70.4 cm³/mol. The van der Waals surface area contributed by atoms with Crippen molar-refractivity contribution in [2.45, 2.75) is 6.92 Å². The highest BCUT2D eigenvalue weighted by atomic mass is 16.5. The highest BCUT2D eigenvalue weighted by molar-refractivity contribution is 5.50. The summed E-state index contributed by atoms with van der Waals surface area (Å²) in [5.41, 5.74) is 0.563. The monoisotopic (exact) mass is 239 g/mol. The Morgan fingerprint density at radius 1 is 1.00 bits per heavy atom. The van der Waals surface area contributed by atoms with Crippen molar-refractivity contribution in [1.82, 2.24) is 0 Å². The lowest BCUT2D eigenvalue weighted by Gasteiger charge is -2.08. The number of hydrogen-bond donors (Lipinski definition) is 0. The van der Waals surface area contributed by atoms with E-state index in [1.807, 2.05) is 37.3 Å². The van der Waals surface area contributed by atoms with Crippen LogP contribution < -0.4 is 9.47 Å². The van der Waals surface area contributed by atoms with Gasteiger partial charge in [-0.15, -0.1) is 0 Å². The molecule has 2 rings (SSSR count). The summed E-state index contributed by atoms with van der Waals surface area (Å²) in [5.74, 6) is 2.12. The summed E-state index contributed by atoms with van der Waals surface area (Å²) < 4.78 is 11.1. The maximum Gasteiger partial charge on any atom is 0.190 e. The van der Waals surface area contributed by atoms with E-state index in [2.05, 4.69) is 4.85 Å². The van der Waals surface area contributed by atoms with Gasteiger partial charge >= 0.3 is 0 Å². The van der Waals surface area contributed by atoms with Gasteiger partial charge in [-0.05, 0) is 31.2 Å². The second kappa shape index (κ2) is 5.74. The van der Waals surface area contributed by atoms with Gasteiger partial charge in [0, 0.05) is 6.07 Å². The third kappa shape index (κ3) is 3.02. The van der Waals surface area contributed by atoms with Crippen LogP contribution in [0.2, 0.25) is 0 Å². The molecule has 0 heterocycles. The van der Waals surface area contributed by atoms with Crippen LogP contribution in [0.3, 0.4) is 0 Å². The van der Waals surface area contributed by atoms with Gasteiger partial charge in [-0.3, -0.25) is 0 Å². The van der Waals surface area contributed by atoms with Gasteiger partial charge in [0.1, 0.15) is 17.2 Å². The van der Waals surface area contributed by atoms with Gasteiger partial charge < -0.3 is 9.47 Å². The standard InChI is InChI=1S/C15H13NO2/c1-3-17-13-7-5-9-15(11-13)18-14-8-4-6-12(10-14)16-2/h4-11H,3H2,1H3. The van der Waals surface area contributed by atoms with Crippen molar-refractivity contribution in [3.63, 3.8) is 0 Å². The Bertz CT molecular complexity index is 573. The Morgan fingerprint density at radius 3 is 2.39 bits per heavy atom. The zero-order valence-corrected chi connectivity index (χ0v) is 10.1. The molecule has 3 nitrogen and oxygen atoms in total. The molecule has 18 heavy (non-hydrogen) atoms. The summed E-state index contributed by atoms with van der Waals surface area (Å²) in [6.07, 6.45) is 0. The molecule has 0 spiro atoms. The highest BCUT2D eigenvalue weighted by Crippen LogP contribution is 2.27. The van der Waals surface area contributed by atoms with E-state index in [-0.39, 0.29) is 0 Å². The van der Waals surface area contributed by atoms with E-state index in [0.717, 1.165) is 5.75 Å². The van der Waals surface area contributed by atoms with Crippen molar-refractivity contribution in [2.24, 2.45) is 0 Å². The molecule has 0 aliphatic heterocycles. The van der Waals surface area contributed by atoms with Gasteiger partial charge in [0.25, 0.3) is 0 Å². The minimum atomic E-state index is 0.563. The van der Waals surface area contributed by atoms with Crippen molar-refractivity contribution in [3.05, 3.63) is 59.9 Å². The van der Waals surface area contributed by atoms with Crippen LogP contribution in [0.25, 0.3) is 4.85 Å². The zero-order chi connectivity index (χ0) is 12.8. The second-order valence-electron chi connectivity index (χ2n) is 3.62. The average Bonchev–Trinajstić information content (AvgIpc) is 2.40. The van der Waals surface area contributed by atoms with E-state index in [1.165, 1.54) is 0 Å². The second-order valence-corrected chi connectivity index (χ2v) is 3.62. The molecule has 0 unspecified atom stereocenters. The van der Waals surface area contributed by atoms with Gasteiger partial charge in [0.15, 0.2) is 5.69 Å². The average molecular weight is 239 g/mol. The molecule has 0 N–H and O–H groups in total. The number of hydrogen-bond acceptors (Lipinski definition) is 2. The maximum atomic E-state index is 6.96. The highest BCUT2D eigenvalue weighted by Gasteiger charge is 2.00. The minimum absolute atomic E-state index is 0.563. The Balaban J connectivity index is 2.18. The molecule has 0 atom stereocenters. The summed E-state index contributed by atoms with van der Waals surface area (Å²) in [4.78, 5) is 3.37. The van der Waals surface area contributed by atoms with Gasteiger partial charge in [-0.2, -0.15) is 0 Å². The van der Waals surface area contributed by atoms with Crippen LogP contribution in [-0.2, 0) is 0 Å². The largest absolute Gasteiger partial charge is 0.494 e. The van der Waals surface area contributed by atoms with E-state index in [0.29, 0.717) is 23.8 Å². The van der Waals surface area contributed by atoms with Crippen LogP contribution in [0.1, 0.15) is 6.92 Å². The third-order valence-electron chi connectivity index (χ3n) is 2.30. The van der Waals surface area contributed by atoms with E-state index < -0.39 is 0 Å². The van der Waals surface area contributed by atoms with Crippen LogP contribution in [-0.4, -0.2) is 6.61 Å². The van der Waals surface area contributed by atoms with Crippen molar-refractivity contribution >= 4 is 5.69 Å². The van der Waals surface area contributed by atoms with Crippen molar-refractivity contribution in [3.8, 4) is 17.2 Å². The summed E-state index contributed by atoms with van der Waals surface area (Å²) in [7, 11) is 0. The molecule has 0 aliphatic carbocycles. The molecule has 0 aromatic heterocycles. The van der Waals surface area contributed by atoms with Crippen LogP contribution in [0.4, 0.5) is 5.69 Å². The SMILES string of the molecule is [C-]#[N+]c1cccc(Oc2cccc(OCC)c2)c1. The molecule has 0 bridgehead atoms. The van der Waals surface area contributed by atoms with Crippen LogP contribution in [0.5, 0.6) is 17.2 Å². The molecular formula is C15H13NO2. The first-order valence-electron chi connectivity index (χ1n) is 5.70. The van der Waals surface area contributed by atoms with Gasteiger partial charge in [0.05, 0.1) is 13.2 Å². The molecule has 2 aromatic carbocycles. The lowest BCUT2D eigenvalue weighted by molar-refractivity contribution is 0.338. The normalized spacial score (nSPS) is 9.56. The molecule has 3 heteroatoms. The molecule has 0 fully saturated rings. The minimum Gasteiger partial charge on any atom is -0.494 e. The number of rotatable bonds is 4. The van der Waals surface area contributed by atoms with Crippen LogP contribution in [0, 0.1) is 6.57 Å². The summed E-state index contributed by atoms with van der Waals surface area (Å²) in [6.45, 7) is 9.52. The summed E-state index contributed by atoms with van der Waals surface area (Å²) in [6, 6.07) is 14.5. The van der Waals surface area contributed by atoms with Crippen LogP contribution in [0.15, 0.2) is 48.5 Å². The van der Waals surface area contributed by atoms with E-state index in [9.17, 15) is 0 Å². The van der Waals surface area contributed by atoms with Crippen molar-refractivity contribution in [2.75, 3.05) is 6.61 Å². The smallest absolute Gasteiger partial charge is 0.190 e. The molecule has 0 aliphatic rings. The maximum absolute atomic E-state index is 6.96. The lowest BCUT2D eigenvalue weighted by atomic mass is 10.3. The Morgan fingerprint density at radius 2 is 1.67 bits per heavy atom. The molecule has 0 radical (unpaired) electrons. The first kappa shape index (κ1) is 12.0. The molecule has 0 saturated carbocycles. The summed E-state index contributed by atoms with van der Waals surface area (Å²) in [5, 5.41) is 0. The van der Waals surface area contributed by atoms with Gasteiger partial charge in [0.2, 0.25) is 0 Å². The van der Waals surface area contributed by atoms with E-state index in [4.69, 9.17) is 16.0 Å². The first-order chi connectivity index (χ1) is 8.81. The number of nitrogens with zero attached hydrogens (tertiary/aromatic N) is 1. The van der Waals surface area contributed by atoms with Crippen LogP contribution >= 0.6 is 0 Å². The Labute approximate surface area is 106 Å². The molecule has 90 valence electrons. The molecule has 0 saturated heterocycles. The predicted octanol–water partition coefficient (Wildman–Crippen LogP) is 4.43. The fourth-order valence-corrected chi connectivity index (χ4v) is 1.55. The zero-order valence-electron chi connectivity index (χ0n) is 10.1. The number of benzene rings is 2. The first-order valence-corrected chi connectivity index (χ1v) is 5.70. The number of ether oxygens (including phenoxy) is 2. The van der Waals surface area contributed by atoms with Crippen molar-refractivity contribution in [1.29, 1.82) is 0 Å². The molecule has 0 amide bonds. The Kier molecular flexibility index (Phi) is 3.83. The molecule has 2 aromatic rings. The Hall–Kier alpha value is -2.47. The third-order valence-corrected chi connectivity index (χ3v) is 2.30. The quantitative estimate of drug-likeness (QED) is 0.736. The lowest BCUT2D eigenvalue weighted by Crippen LogP contribution is -1.91. The fraction of sp³-hybridized carbons (Fsp3) is 0.133. The van der Waals surface area contributed by atoms with Gasteiger partial charge in [-0.1, -0.05) is 18.2 Å². The van der Waals surface area contributed by atoms with E-state index >= 15 is 0 Å². The fourth-order valence-electron chi connectivity index (χ4n) is 1.55.